The van der Waals surface area contributed by atoms with E-state index in [4.69, 9.17) is 9.15 Å². The molecule has 0 fully saturated rings. The van der Waals surface area contributed by atoms with Gasteiger partial charge in [0.25, 0.3) is 0 Å². The maximum atomic E-state index is 12.8. The first kappa shape index (κ1) is 16.6. The lowest BCUT2D eigenvalue weighted by Gasteiger charge is -2.05. The molecule has 0 amide bonds. The maximum absolute atomic E-state index is 12.8. The number of benzene rings is 2. The topological polar surface area (TPSA) is 56.5 Å². The number of ether oxygens (including phenoxy) is 1. The molecule has 0 unspecified atom stereocenters. The van der Waals surface area contributed by atoms with Crippen LogP contribution >= 0.6 is 0 Å². The quantitative estimate of drug-likeness (QED) is 0.311. The number of hydrogen-bond donors (Lipinski definition) is 0. The summed E-state index contributed by atoms with van der Waals surface area (Å²) in [6.07, 6.45) is 3.47. The van der Waals surface area contributed by atoms with Crippen LogP contribution in [0.1, 0.15) is 18.1 Å². The van der Waals surface area contributed by atoms with Gasteiger partial charge < -0.3 is 9.15 Å². The zero-order valence-electron chi connectivity index (χ0n) is 13.5. The lowest BCUT2D eigenvalue weighted by molar-refractivity contribution is -0.128. The minimum Gasteiger partial charge on any atom is -0.423 e. The average molecular weight is 338 g/mol. The Labute approximate surface area is 143 Å². The van der Waals surface area contributed by atoms with E-state index >= 15 is 0 Å². The van der Waals surface area contributed by atoms with Gasteiger partial charge in [0.1, 0.15) is 17.1 Å². The van der Waals surface area contributed by atoms with Crippen LogP contribution in [0.3, 0.4) is 0 Å². The van der Waals surface area contributed by atoms with Crippen LogP contribution in [0.4, 0.5) is 4.39 Å². The predicted octanol–water partition coefficient (Wildman–Crippen LogP) is 4.11. The fraction of sp³-hybridized carbons (Fsp3) is 0.100. The fourth-order valence-electron chi connectivity index (χ4n) is 2.45. The zero-order valence-corrected chi connectivity index (χ0v) is 13.5. The lowest BCUT2D eigenvalue weighted by atomic mass is 10.1. The van der Waals surface area contributed by atoms with Gasteiger partial charge in [-0.3, -0.25) is 0 Å². The number of rotatable bonds is 4. The second-order valence-electron chi connectivity index (χ2n) is 5.41. The van der Waals surface area contributed by atoms with Crippen molar-refractivity contribution in [3.8, 4) is 5.75 Å². The summed E-state index contributed by atoms with van der Waals surface area (Å²) in [5.41, 5.74) is 1.48. The first-order valence-electron chi connectivity index (χ1n) is 7.77. The summed E-state index contributed by atoms with van der Waals surface area (Å²) in [6, 6.07) is 12.1. The molecule has 126 valence electrons. The van der Waals surface area contributed by atoms with Crippen molar-refractivity contribution in [2.24, 2.45) is 0 Å². The summed E-state index contributed by atoms with van der Waals surface area (Å²) in [6.45, 7) is 1.95. The number of carbonyl (C=O) groups excluding carboxylic acids is 1. The molecular formula is C20H15FO4. The number of halogens is 1. The third-order valence-corrected chi connectivity index (χ3v) is 3.68. The Morgan fingerprint density at radius 1 is 1.16 bits per heavy atom. The molecular weight excluding hydrogens is 323 g/mol. The maximum Gasteiger partial charge on any atom is 0.336 e. The number of carbonyl (C=O) groups is 1. The molecule has 1 heterocycles. The summed E-state index contributed by atoms with van der Waals surface area (Å²) in [4.78, 5) is 23.5. The summed E-state index contributed by atoms with van der Waals surface area (Å²) in [7, 11) is 0. The van der Waals surface area contributed by atoms with E-state index < -0.39 is 11.6 Å². The second-order valence-corrected chi connectivity index (χ2v) is 5.41. The Morgan fingerprint density at radius 3 is 2.64 bits per heavy atom. The van der Waals surface area contributed by atoms with E-state index in [0.717, 1.165) is 10.9 Å². The normalized spacial score (nSPS) is 11.1. The van der Waals surface area contributed by atoms with Crippen LogP contribution in [-0.2, 0) is 11.2 Å². The highest BCUT2D eigenvalue weighted by atomic mass is 19.1. The van der Waals surface area contributed by atoms with Crippen molar-refractivity contribution in [2.75, 3.05) is 0 Å². The molecule has 1 aromatic heterocycles. The van der Waals surface area contributed by atoms with Crippen molar-refractivity contribution in [3.63, 3.8) is 0 Å². The SMILES string of the molecule is CCc1cc(=O)oc2cc(OC(=O)/C=C/c3ccc(F)cc3)ccc12. The molecule has 0 atom stereocenters. The smallest absolute Gasteiger partial charge is 0.336 e. The first-order chi connectivity index (χ1) is 12.0. The van der Waals surface area contributed by atoms with Crippen LogP contribution in [0, 0.1) is 5.82 Å². The summed E-state index contributed by atoms with van der Waals surface area (Å²) < 4.78 is 23.2. The molecule has 0 radical (unpaired) electrons. The lowest BCUT2D eigenvalue weighted by Crippen LogP contribution is -2.04. The molecule has 4 nitrogen and oxygen atoms in total. The van der Waals surface area contributed by atoms with Crippen molar-refractivity contribution in [2.45, 2.75) is 13.3 Å². The molecule has 0 N–H and O–H groups in total. The van der Waals surface area contributed by atoms with Crippen molar-refractivity contribution < 1.29 is 18.3 Å². The molecule has 3 aromatic rings. The van der Waals surface area contributed by atoms with Crippen LogP contribution in [0.15, 0.2) is 63.8 Å². The number of esters is 1. The Bertz CT molecular complexity index is 1000. The third-order valence-electron chi connectivity index (χ3n) is 3.68. The van der Waals surface area contributed by atoms with Gasteiger partial charge in [-0.1, -0.05) is 19.1 Å². The molecule has 0 aliphatic rings. The monoisotopic (exact) mass is 338 g/mol. The summed E-state index contributed by atoms with van der Waals surface area (Å²) in [5, 5.41) is 0.809. The van der Waals surface area contributed by atoms with Gasteiger partial charge in [-0.05, 0) is 47.9 Å². The minimum absolute atomic E-state index is 0.276. The van der Waals surface area contributed by atoms with Crippen LogP contribution in [0.25, 0.3) is 17.0 Å². The Hall–Kier alpha value is -3.21. The molecule has 5 heteroatoms. The van der Waals surface area contributed by atoms with E-state index in [0.29, 0.717) is 17.6 Å². The van der Waals surface area contributed by atoms with Crippen LogP contribution in [0.2, 0.25) is 0 Å². The van der Waals surface area contributed by atoms with Crippen molar-refractivity contribution in [1.82, 2.24) is 0 Å². The highest BCUT2D eigenvalue weighted by molar-refractivity contribution is 5.89. The van der Waals surface area contributed by atoms with Crippen LogP contribution in [0.5, 0.6) is 5.75 Å². The first-order valence-corrected chi connectivity index (χ1v) is 7.77. The molecule has 0 saturated heterocycles. The number of aryl methyl sites for hydroxylation is 1. The van der Waals surface area contributed by atoms with Gasteiger partial charge >= 0.3 is 11.6 Å². The highest BCUT2D eigenvalue weighted by Gasteiger charge is 2.07. The molecule has 0 saturated carbocycles. The highest BCUT2D eigenvalue weighted by Crippen LogP contribution is 2.23. The van der Waals surface area contributed by atoms with Gasteiger partial charge in [0, 0.05) is 23.6 Å². The Kier molecular flexibility index (Phi) is 4.75. The van der Waals surface area contributed by atoms with Gasteiger partial charge in [-0.15, -0.1) is 0 Å². The van der Waals surface area contributed by atoms with Gasteiger partial charge in [-0.2, -0.15) is 0 Å². The Morgan fingerprint density at radius 2 is 1.92 bits per heavy atom. The van der Waals surface area contributed by atoms with Crippen molar-refractivity contribution in [3.05, 3.63) is 82.0 Å². The average Bonchev–Trinajstić information content (AvgIpc) is 2.60. The molecule has 3 rings (SSSR count). The third kappa shape index (κ3) is 4.01. The zero-order chi connectivity index (χ0) is 17.8. The van der Waals surface area contributed by atoms with Crippen molar-refractivity contribution in [1.29, 1.82) is 0 Å². The van der Waals surface area contributed by atoms with Gasteiger partial charge in [0.2, 0.25) is 0 Å². The fourth-order valence-corrected chi connectivity index (χ4v) is 2.45. The van der Waals surface area contributed by atoms with Gasteiger partial charge in [0.15, 0.2) is 0 Å². The molecule has 0 spiro atoms. The molecule has 0 bridgehead atoms. The molecule has 0 aliphatic heterocycles. The number of hydrogen-bond acceptors (Lipinski definition) is 4. The largest absolute Gasteiger partial charge is 0.423 e. The predicted molar refractivity (Wildman–Crippen MR) is 92.9 cm³/mol. The molecule has 25 heavy (non-hydrogen) atoms. The summed E-state index contributed by atoms with van der Waals surface area (Å²) >= 11 is 0. The van der Waals surface area contributed by atoms with Gasteiger partial charge in [0.05, 0.1) is 0 Å². The van der Waals surface area contributed by atoms with Crippen molar-refractivity contribution >= 4 is 23.0 Å². The van der Waals surface area contributed by atoms with E-state index in [9.17, 15) is 14.0 Å². The van der Waals surface area contributed by atoms with E-state index in [1.807, 2.05) is 6.92 Å². The van der Waals surface area contributed by atoms with E-state index in [1.54, 1.807) is 24.3 Å². The van der Waals surface area contributed by atoms with E-state index in [-0.39, 0.29) is 11.6 Å². The van der Waals surface area contributed by atoms with Gasteiger partial charge in [-0.25, -0.2) is 14.0 Å². The Balaban J connectivity index is 1.79. The van der Waals surface area contributed by atoms with Crippen LogP contribution < -0.4 is 10.4 Å². The minimum atomic E-state index is -0.585. The summed E-state index contributed by atoms with van der Waals surface area (Å²) in [5.74, 6) is -0.654. The van der Waals surface area contributed by atoms with E-state index in [2.05, 4.69) is 0 Å². The van der Waals surface area contributed by atoms with Crippen LogP contribution in [-0.4, -0.2) is 5.97 Å². The van der Waals surface area contributed by atoms with E-state index in [1.165, 1.54) is 36.4 Å². The molecule has 0 aliphatic carbocycles. The second kappa shape index (κ2) is 7.13. The standard InChI is InChI=1S/C20H15FO4/c1-2-14-11-20(23)25-18-12-16(8-9-17(14)18)24-19(22)10-5-13-3-6-15(21)7-4-13/h3-12H,2H2,1H3/b10-5+. The molecule has 2 aromatic carbocycles. The number of fused-ring (bicyclic) bond motifs is 1.